The minimum atomic E-state index is -0.257. The van der Waals surface area contributed by atoms with Crippen molar-refractivity contribution in [3.63, 3.8) is 0 Å². The zero-order valence-electron chi connectivity index (χ0n) is 14.9. The lowest BCUT2D eigenvalue weighted by Crippen LogP contribution is -2.27. The standard InChI is InChI=1S/C23H20BrNO2/c1-27-21-14-10-18(11-15-21)22(16-9-17-7-12-20(24)13-8-17)25-23(26)19-5-3-2-4-6-19/h2-16,22H,1H3,(H,25,26)/b16-9+. The molecule has 0 saturated carbocycles. The largest absolute Gasteiger partial charge is 0.497 e. The van der Waals surface area contributed by atoms with E-state index in [-0.39, 0.29) is 11.9 Å². The molecule has 0 bridgehead atoms. The Morgan fingerprint density at radius 3 is 2.26 bits per heavy atom. The van der Waals surface area contributed by atoms with Gasteiger partial charge >= 0.3 is 0 Å². The van der Waals surface area contributed by atoms with Crippen LogP contribution in [0.25, 0.3) is 6.08 Å². The summed E-state index contributed by atoms with van der Waals surface area (Å²) in [5.74, 6) is 0.667. The van der Waals surface area contributed by atoms with E-state index in [0.29, 0.717) is 5.56 Å². The van der Waals surface area contributed by atoms with Crippen LogP contribution in [-0.2, 0) is 0 Å². The lowest BCUT2D eigenvalue weighted by Gasteiger charge is -2.16. The summed E-state index contributed by atoms with van der Waals surface area (Å²) in [7, 11) is 1.64. The van der Waals surface area contributed by atoms with Gasteiger partial charge in [0, 0.05) is 10.0 Å². The molecule has 1 atom stereocenters. The normalized spacial score (nSPS) is 11.9. The molecule has 0 heterocycles. The minimum Gasteiger partial charge on any atom is -0.497 e. The van der Waals surface area contributed by atoms with E-state index in [0.717, 1.165) is 21.3 Å². The Morgan fingerprint density at radius 2 is 1.63 bits per heavy atom. The van der Waals surface area contributed by atoms with Crippen LogP contribution in [0.15, 0.2) is 89.4 Å². The predicted octanol–water partition coefficient (Wildman–Crippen LogP) is 5.64. The van der Waals surface area contributed by atoms with Crippen LogP contribution in [0.1, 0.15) is 27.5 Å². The summed E-state index contributed by atoms with van der Waals surface area (Å²) in [4.78, 5) is 12.6. The highest BCUT2D eigenvalue weighted by Crippen LogP contribution is 2.21. The molecule has 3 rings (SSSR count). The van der Waals surface area contributed by atoms with Crippen LogP contribution in [0.2, 0.25) is 0 Å². The number of hydrogen-bond acceptors (Lipinski definition) is 2. The molecule has 27 heavy (non-hydrogen) atoms. The molecular weight excluding hydrogens is 402 g/mol. The van der Waals surface area contributed by atoms with Crippen molar-refractivity contribution >= 4 is 27.9 Å². The smallest absolute Gasteiger partial charge is 0.252 e. The van der Waals surface area contributed by atoms with E-state index in [1.165, 1.54) is 0 Å². The molecular formula is C23H20BrNO2. The van der Waals surface area contributed by atoms with Gasteiger partial charge in [-0.05, 0) is 47.5 Å². The van der Waals surface area contributed by atoms with Gasteiger partial charge in [-0.1, -0.05) is 70.5 Å². The molecule has 1 unspecified atom stereocenters. The summed E-state index contributed by atoms with van der Waals surface area (Å²) < 4.78 is 6.26. The number of hydrogen-bond donors (Lipinski definition) is 1. The molecule has 0 aromatic heterocycles. The van der Waals surface area contributed by atoms with E-state index in [2.05, 4.69) is 21.2 Å². The summed E-state index contributed by atoms with van der Waals surface area (Å²) >= 11 is 3.44. The van der Waals surface area contributed by atoms with Crippen molar-refractivity contribution in [1.29, 1.82) is 0 Å². The second kappa shape index (κ2) is 9.19. The van der Waals surface area contributed by atoms with Crippen molar-refractivity contribution in [1.82, 2.24) is 5.32 Å². The molecule has 0 radical (unpaired) electrons. The van der Waals surface area contributed by atoms with Gasteiger partial charge in [0.15, 0.2) is 0 Å². The van der Waals surface area contributed by atoms with Crippen LogP contribution in [0.5, 0.6) is 5.75 Å². The Hall–Kier alpha value is -2.85. The van der Waals surface area contributed by atoms with Crippen LogP contribution < -0.4 is 10.1 Å². The first kappa shape index (κ1) is 18.9. The van der Waals surface area contributed by atoms with Crippen LogP contribution in [0.3, 0.4) is 0 Å². The Morgan fingerprint density at radius 1 is 0.963 bits per heavy atom. The van der Waals surface area contributed by atoms with Gasteiger partial charge in [0.25, 0.3) is 5.91 Å². The Balaban J connectivity index is 1.85. The highest BCUT2D eigenvalue weighted by atomic mass is 79.9. The molecule has 3 nitrogen and oxygen atoms in total. The maximum atomic E-state index is 12.6. The van der Waals surface area contributed by atoms with Gasteiger partial charge in [0.05, 0.1) is 13.2 Å². The fourth-order valence-corrected chi connectivity index (χ4v) is 2.91. The predicted molar refractivity (Wildman–Crippen MR) is 113 cm³/mol. The quantitative estimate of drug-likeness (QED) is 0.558. The molecule has 136 valence electrons. The molecule has 4 heteroatoms. The third-order valence-corrected chi connectivity index (χ3v) is 4.68. The monoisotopic (exact) mass is 421 g/mol. The maximum Gasteiger partial charge on any atom is 0.252 e. The molecule has 0 fully saturated rings. The second-order valence-electron chi connectivity index (χ2n) is 6.00. The third-order valence-electron chi connectivity index (χ3n) is 4.15. The lowest BCUT2D eigenvalue weighted by molar-refractivity contribution is 0.0944. The zero-order valence-corrected chi connectivity index (χ0v) is 16.5. The van der Waals surface area contributed by atoms with Gasteiger partial charge in [-0.3, -0.25) is 4.79 Å². The van der Waals surface area contributed by atoms with Crippen LogP contribution >= 0.6 is 15.9 Å². The number of methoxy groups -OCH3 is 1. The lowest BCUT2D eigenvalue weighted by atomic mass is 10.0. The Kier molecular flexibility index (Phi) is 6.44. The zero-order chi connectivity index (χ0) is 19.1. The summed E-state index contributed by atoms with van der Waals surface area (Å²) in [6.07, 6.45) is 4.00. The van der Waals surface area contributed by atoms with Gasteiger partial charge in [-0.25, -0.2) is 0 Å². The summed E-state index contributed by atoms with van der Waals surface area (Å²) in [5, 5.41) is 3.09. The fourth-order valence-electron chi connectivity index (χ4n) is 2.65. The average molecular weight is 422 g/mol. The molecule has 0 saturated heterocycles. The number of carbonyl (C=O) groups excluding carboxylic acids is 1. The van der Waals surface area contributed by atoms with Gasteiger partial charge in [-0.15, -0.1) is 0 Å². The first-order chi connectivity index (χ1) is 13.2. The summed E-state index contributed by atoms with van der Waals surface area (Å²) in [5.41, 5.74) is 2.67. The summed E-state index contributed by atoms with van der Waals surface area (Å²) in [6, 6.07) is 24.7. The van der Waals surface area contributed by atoms with Crippen LogP contribution in [0, 0.1) is 0 Å². The molecule has 0 aliphatic carbocycles. The molecule has 0 aliphatic heterocycles. The van der Waals surface area contributed by atoms with Gasteiger partial charge in [0.2, 0.25) is 0 Å². The van der Waals surface area contributed by atoms with E-state index in [9.17, 15) is 4.79 Å². The van der Waals surface area contributed by atoms with Crippen molar-refractivity contribution in [3.05, 3.63) is 106 Å². The second-order valence-corrected chi connectivity index (χ2v) is 6.92. The first-order valence-electron chi connectivity index (χ1n) is 8.59. The number of benzene rings is 3. The average Bonchev–Trinajstić information content (AvgIpc) is 2.73. The third kappa shape index (κ3) is 5.31. The Labute approximate surface area is 167 Å². The van der Waals surface area contributed by atoms with Crippen molar-refractivity contribution in [2.75, 3.05) is 7.11 Å². The molecule has 1 N–H and O–H groups in total. The van der Waals surface area contributed by atoms with E-state index < -0.39 is 0 Å². The van der Waals surface area contributed by atoms with Crippen LogP contribution in [-0.4, -0.2) is 13.0 Å². The molecule has 0 spiro atoms. The van der Waals surface area contributed by atoms with E-state index in [1.807, 2.05) is 78.9 Å². The van der Waals surface area contributed by atoms with Gasteiger partial charge in [-0.2, -0.15) is 0 Å². The number of nitrogens with one attached hydrogen (secondary N) is 1. The van der Waals surface area contributed by atoms with Crippen molar-refractivity contribution in [2.45, 2.75) is 6.04 Å². The molecule has 3 aromatic carbocycles. The first-order valence-corrected chi connectivity index (χ1v) is 9.38. The molecule has 1 amide bonds. The van der Waals surface area contributed by atoms with E-state index in [1.54, 1.807) is 19.2 Å². The van der Waals surface area contributed by atoms with Gasteiger partial charge in [0.1, 0.15) is 5.75 Å². The summed E-state index contributed by atoms with van der Waals surface area (Å²) in [6.45, 7) is 0. The minimum absolute atomic E-state index is 0.114. The Bertz CT molecular complexity index is 903. The molecule has 0 aliphatic rings. The van der Waals surface area contributed by atoms with Gasteiger partial charge < -0.3 is 10.1 Å². The maximum absolute atomic E-state index is 12.6. The van der Waals surface area contributed by atoms with Crippen LogP contribution in [0.4, 0.5) is 0 Å². The van der Waals surface area contributed by atoms with Crippen molar-refractivity contribution in [2.24, 2.45) is 0 Å². The number of ether oxygens (including phenoxy) is 1. The number of carbonyl (C=O) groups is 1. The molecule has 3 aromatic rings. The number of halogens is 1. The van der Waals surface area contributed by atoms with Crippen molar-refractivity contribution < 1.29 is 9.53 Å². The van der Waals surface area contributed by atoms with Crippen molar-refractivity contribution in [3.8, 4) is 5.75 Å². The highest BCUT2D eigenvalue weighted by molar-refractivity contribution is 9.10. The number of rotatable bonds is 6. The highest BCUT2D eigenvalue weighted by Gasteiger charge is 2.13. The van der Waals surface area contributed by atoms with E-state index >= 15 is 0 Å². The van der Waals surface area contributed by atoms with E-state index in [4.69, 9.17) is 4.74 Å². The fraction of sp³-hybridized carbons (Fsp3) is 0.0870. The number of amides is 1. The topological polar surface area (TPSA) is 38.3 Å². The SMILES string of the molecule is COc1ccc(C(/C=C/c2ccc(Br)cc2)NC(=O)c2ccccc2)cc1.